The molecular formula is C22H24FN5O2. The van der Waals surface area contributed by atoms with Crippen LogP contribution in [-0.2, 0) is 7.05 Å². The number of rotatable bonds is 3. The number of aromatic nitrogens is 3. The monoisotopic (exact) mass is 409 g/mol. The summed E-state index contributed by atoms with van der Waals surface area (Å²) in [6.45, 7) is 0. The first-order valence-electron chi connectivity index (χ1n) is 10.2. The third-order valence-corrected chi connectivity index (χ3v) is 6.56. The summed E-state index contributed by atoms with van der Waals surface area (Å²) >= 11 is 0. The summed E-state index contributed by atoms with van der Waals surface area (Å²) in [5, 5.41) is 15.0. The first kappa shape index (κ1) is 19.0. The maximum absolute atomic E-state index is 14.9. The van der Waals surface area contributed by atoms with Crippen molar-refractivity contribution < 1.29 is 9.50 Å². The molecule has 2 N–H and O–H groups in total. The highest BCUT2D eigenvalue weighted by molar-refractivity contribution is 5.93. The van der Waals surface area contributed by atoms with Crippen LogP contribution in [0.3, 0.4) is 0 Å². The zero-order valence-electron chi connectivity index (χ0n) is 16.9. The SMILES string of the molecule is CN(c1cnc(-c2ccc3c(=O)n(C)ccc3c2O)cn1)[C@H]1CC2CCC(N2)[C@H]1F. The molecule has 2 unspecified atom stereocenters. The van der Waals surface area contributed by atoms with Crippen LogP contribution in [0.1, 0.15) is 19.3 Å². The average molecular weight is 409 g/mol. The van der Waals surface area contributed by atoms with E-state index in [-0.39, 0.29) is 23.4 Å². The lowest BCUT2D eigenvalue weighted by Gasteiger charge is -2.38. The van der Waals surface area contributed by atoms with E-state index in [1.165, 1.54) is 4.57 Å². The molecule has 2 aliphatic heterocycles. The van der Waals surface area contributed by atoms with E-state index in [0.717, 1.165) is 19.3 Å². The largest absolute Gasteiger partial charge is 0.507 e. The van der Waals surface area contributed by atoms with Gasteiger partial charge in [0.2, 0.25) is 0 Å². The van der Waals surface area contributed by atoms with Gasteiger partial charge in [-0.15, -0.1) is 0 Å². The molecular weight excluding hydrogens is 385 g/mol. The summed E-state index contributed by atoms with van der Waals surface area (Å²) in [4.78, 5) is 23.1. The summed E-state index contributed by atoms with van der Waals surface area (Å²) in [6.07, 6.45) is 6.52. The van der Waals surface area contributed by atoms with Gasteiger partial charge in [0, 0.05) is 43.3 Å². The number of alkyl halides is 1. The summed E-state index contributed by atoms with van der Waals surface area (Å²) in [5.41, 5.74) is 0.823. The van der Waals surface area contributed by atoms with Crippen LogP contribution in [0.2, 0.25) is 0 Å². The first-order chi connectivity index (χ1) is 14.4. The average Bonchev–Trinajstić information content (AvgIpc) is 3.17. The lowest BCUT2D eigenvalue weighted by Crippen LogP contribution is -2.55. The van der Waals surface area contributed by atoms with Crippen LogP contribution in [0.4, 0.5) is 10.2 Å². The Morgan fingerprint density at radius 3 is 2.80 bits per heavy atom. The minimum absolute atomic E-state index is 0.000595. The van der Waals surface area contributed by atoms with E-state index < -0.39 is 6.17 Å². The maximum Gasteiger partial charge on any atom is 0.258 e. The number of nitrogens with one attached hydrogen (secondary N) is 1. The molecule has 0 spiro atoms. The fourth-order valence-corrected chi connectivity index (χ4v) is 4.77. The number of anilines is 1. The number of hydrogen-bond acceptors (Lipinski definition) is 6. The van der Waals surface area contributed by atoms with E-state index in [1.807, 2.05) is 11.9 Å². The van der Waals surface area contributed by atoms with E-state index in [1.54, 1.807) is 43.8 Å². The molecule has 2 saturated heterocycles. The molecule has 1 aromatic carbocycles. The van der Waals surface area contributed by atoms with E-state index in [9.17, 15) is 14.3 Å². The molecule has 4 heterocycles. The molecule has 2 aromatic heterocycles. The van der Waals surface area contributed by atoms with Crippen LogP contribution in [0.15, 0.2) is 41.6 Å². The van der Waals surface area contributed by atoms with Crippen molar-refractivity contribution in [1.29, 1.82) is 0 Å². The molecule has 4 atom stereocenters. The van der Waals surface area contributed by atoms with Crippen molar-refractivity contribution in [3.63, 3.8) is 0 Å². The highest BCUT2D eigenvalue weighted by atomic mass is 19.1. The predicted molar refractivity (Wildman–Crippen MR) is 114 cm³/mol. The van der Waals surface area contributed by atoms with Crippen LogP contribution >= 0.6 is 0 Å². The Labute approximate surface area is 173 Å². The number of aromatic hydroxyl groups is 1. The molecule has 156 valence electrons. The summed E-state index contributed by atoms with van der Waals surface area (Å²) < 4.78 is 16.3. The summed E-state index contributed by atoms with van der Waals surface area (Å²) in [5.74, 6) is 0.598. The zero-order valence-corrected chi connectivity index (χ0v) is 16.9. The molecule has 0 saturated carbocycles. The molecule has 5 rings (SSSR count). The molecule has 0 radical (unpaired) electrons. The Bertz CT molecular complexity index is 1160. The summed E-state index contributed by atoms with van der Waals surface area (Å²) in [6, 6.07) is 5.13. The second kappa shape index (κ2) is 7.05. The zero-order chi connectivity index (χ0) is 21.0. The van der Waals surface area contributed by atoms with Gasteiger partial charge in [-0.2, -0.15) is 0 Å². The van der Waals surface area contributed by atoms with Crippen LogP contribution < -0.4 is 15.8 Å². The number of piperidine rings is 1. The van der Waals surface area contributed by atoms with Crippen LogP contribution in [0, 0.1) is 0 Å². The Morgan fingerprint density at radius 2 is 2.03 bits per heavy atom. The molecule has 0 aliphatic carbocycles. The van der Waals surface area contributed by atoms with Crippen molar-refractivity contribution in [2.24, 2.45) is 7.05 Å². The highest BCUT2D eigenvalue weighted by Gasteiger charge is 2.43. The minimum Gasteiger partial charge on any atom is -0.507 e. The van der Waals surface area contributed by atoms with Gasteiger partial charge < -0.3 is 19.9 Å². The molecule has 30 heavy (non-hydrogen) atoms. The topological polar surface area (TPSA) is 83.3 Å². The van der Waals surface area contributed by atoms with E-state index in [0.29, 0.717) is 33.9 Å². The Balaban J connectivity index is 1.44. The molecule has 3 aromatic rings. The molecule has 7 nitrogen and oxygen atoms in total. The van der Waals surface area contributed by atoms with Crippen LogP contribution in [0.5, 0.6) is 5.75 Å². The Hall–Kier alpha value is -3.00. The standard InChI is InChI=1S/C22H24FN5O2/c1-27-8-7-13-14(22(27)30)4-5-15(21(13)29)17-10-25-19(11-24-17)28(2)18-9-12-3-6-16(26-12)20(18)23/h4-5,7-8,10-12,16,18,20,26,29H,3,6,9H2,1-2H3/t12?,16?,18-,20+/m0/s1. The van der Waals surface area contributed by atoms with Gasteiger partial charge in [0.05, 0.1) is 29.5 Å². The van der Waals surface area contributed by atoms with Crippen molar-refractivity contribution in [3.05, 3.63) is 47.1 Å². The number of pyridine rings is 1. The Kier molecular flexibility index (Phi) is 4.47. The number of halogens is 1. The van der Waals surface area contributed by atoms with Gasteiger partial charge in [-0.25, -0.2) is 9.37 Å². The third kappa shape index (κ3) is 2.94. The minimum atomic E-state index is -0.942. The smallest absolute Gasteiger partial charge is 0.258 e. The second-order valence-corrected chi connectivity index (χ2v) is 8.32. The van der Waals surface area contributed by atoms with Crippen molar-refractivity contribution in [3.8, 4) is 17.0 Å². The number of phenolic OH excluding ortho intramolecular Hbond substituents is 1. The number of phenols is 1. The predicted octanol–water partition coefficient (Wildman–Crippen LogP) is 2.37. The Morgan fingerprint density at radius 1 is 1.20 bits per heavy atom. The van der Waals surface area contributed by atoms with Gasteiger partial charge in [-0.1, -0.05) is 0 Å². The van der Waals surface area contributed by atoms with Gasteiger partial charge in [0.25, 0.3) is 5.56 Å². The fourth-order valence-electron chi connectivity index (χ4n) is 4.77. The van der Waals surface area contributed by atoms with Gasteiger partial charge >= 0.3 is 0 Å². The number of fused-ring (bicyclic) bond motifs is 3. The first-order valence-corrected chi connectivity index (χ1v) is 10.2. The van der Waals surface area contributed by atoms with Gasteiger partial charge in [-0.05, 0) is 37.5 Å². The van der Waals surface area contributed by atoms with E-state index >= 15 is 0 Å². The van der Waals surface area contributed by atoms with Crippen molar-refractivity contribution in [1.82, 2.24) is 19.9 Å². The maximum atomic E-state index is 14.9. The van der Waals surface area contributed by atoms with Crippen molar-refractivity contribution in [2.75, 3.05) is 11.9 Å². The lowest BCUT2D eigenvalue weighted by atomic mass is 9.96. The van der Waals surface area contributed by atoms with Crippen molar-refractivity contribution >= 4 is 16.6 Å². The molecule has 0 amide bonds. The van der Waals surface area contributed by atoms with Gasteiger partial charge in [0.1, 0.15) is 17.7 Å². The fraction of sp³-hybridized carbons (Fsp3) is 0.409. The normalized spacial score (nSPS) is 25.6. The third-order valence-electron chi connectivity index (χ3n) is 6.56. The number of hydrogen-bond donors (Lipinski definition) is 2. The quantitative estimate of drug-likeness (QED) is 0.691. The molecule has 2 bridgehead atoms. The van der Waals surface area contributed by atoms with Gasteiger partial charge in [0.15, 0.2) is 0 Å². The summed E-state index contributed by atoms with van der Waals surface area (Å²) in [7, 11) is 3.53. The lowest BCUT2D eigenvalue weighted by molar-refractivity contribution is 0.176. The second-order valence-electron chi connectivity index (χ2n) is 8.32. The molecule has 2 fully saturated rings. The molecule has 8 heteroatoms. The van der Waals surface area contributed by atoms with Crippen LogP contribution in [0.25, 0.3) is 22.0 Å². The van der Waals surface area contributed by atoms with Gasteiger partial charge in [-0.3, -0.25) is 9.78 Å². The number of benzene rings is 1. The van der Waals surface area contributed by atoms with E-state index in [2.05, 4.69) is 15.3 Å². The van der Waals surface area contributed by atoms with Crippen LogP contribution in [-0.4, -0.2) is 51.0 Å². The van der Waals surface area contributed by atoms with Crippen molar-refractivity contribution in [2.45, 2.75) is 43.6 Å². The number of aryl methyl sites for hydroxylation is 1. The molecule has 2 aliphatic rings. The van der Waals surface area contributed by atoms with E-state index in [4.69, 9.17) is 0 Å². The highest BCUT2D eigenvalue weighted by Crippen LogP contribution is 2.35. The number of nitrogens with zero attached hydrogens (tertiary/aromatic N) is 4.